The van der Waals surface area contributed by atoms with E-state index in [1.807, 2.05) is 35.0 Å². The van der Waals surface area contributed by atoms with Crippen LogP contribution in [-0.2, 0) is 4.79 Å². The molecule has 0 radical (unpaired) electrons. The Kier molecular flexibility index (Phi) is 3.60. The number of rotatable bonds is 1. The standard InChI is InChI=1S/C22H20BrN3O/c1-22(2)11-17-19(18(27)12-22)20(13-6-5-7-14(23)10-13)26-21(24-17)15-8-3-4-9-16(15)25-26/h3-10,20,24H,11-12H2,1-2H3. The van der Waals surface area contributed by atoms with E-state index < -0.39 is 0 Å². The van der Waals surface area contributed by atoms with Gasteiger partial charge in [-0.25, -0.2) is 4.68 Å². The Morgan fingerprint density at radius 3 is 2.78 bits per heavy atom. The quantitative estimate of drug-likeness (QED) is 0.567. The number of hydrogen-bond donors (Lipinski definition) is 1. The maximum Gasteiger partial charge on any atom is 0.163 e. The first-order valence-corrected chi connectivity index (χ1v) is 9.98. The van der Waals surface area contributed by atoms with Crippen LogP contribution >= 0.6 is 15.9 Å². The van der Waals surface area contributed by atoms with Gasteiger partial charge in [0.15, 0.2) is 5.78 Å². The van der Waals surface area contributed by atoms with Gasteiger partial charge in [0.2, 0.25) is 0 Å². The lowest BCUT2D eigenvalue weighted by atomic mass is 9.73. The number of allylic oxidation sites excluding steroid dienone is 2. The second-order valence-corrected chi connectivity index (χ2v) is 9.14. The molecule has 2 aromatic carbocycles. The first-order valence-electron chi connectivity index (χ1n) is 9.19. The van der Waals surface area contributed by atoms with E-state index in [1.165, 1.54) is 0 Å². The topological polar surface area (TPSA) is 46.9 Å². The fourth-order valence-corrected chi connectivity index (χ4v) is 4.79. The van der Waals surface area contributed by atoms with E-state index >= 15 is 0 Å². The fourth-order valence-electron chi connectivity index (χ4n) is 4.38. The summed E-state index contributed by atoms with van der Waals surface area (Å²) in [5.41, 5.74) is 3.86. The van der Waals surface area contributed by atoms with Crippen molar-refractivity contribution in [2.45, 2.75) is 32.7 Å². The normalized spacial score (nSPS) is 21.0. The Hall–Kier alpha value is -2.40. The lowest BCUT2D eigenvalue weighted by Crippen LogP contribution is -2.36. The van der Waals surface area contributed by atoms with Gasteiger partial charge in [-0.3, -0.25) is 4.79 Å². The van der Waals surface area contributed by atoms with Crippen LogP contribution in [0.3, 0.4) is 0 Å². The number of anilines is 1. The second kappa shape index (κ2) is 5.80. The highest BCUT2D eigenvalue weighted by atomic mass is 79.9. The van der Waals surface area contributed by atoms with Gasteiger partial charge < -0.3 is 5.32 Å². The van der Waals surface area contributed by atoms with Crippen LogP contribution in [0, 0.1) is 5.41 Å². The molecule has 5 rings (SSSR count). The van der Waals surface area contributed by atoms with E-state index in [0.29, 0.717) is 6.42 Å². The summed E-state index contributed by atoms with van der Waals surface area (Å²) in [6, 6.07) is 16.1. The van der Waals surface area contributed by atoms with Crippen LogP contribution in [0.25, 0.3) is 10.9 Å². The van der Waals surface area contributed by atoms with Crippen molar-refractivity contribution in [3.63, 3.8) is 0 Å². The van der Waals surface area contributed by atoms with Crippen molar-refractivity contribution in [3.05, 3.63) is 69.8 Å². The molecule has 0 saturated carbocycles. The van der Waals surface area contributed by atoms with Gasteiger partial charge in [-0.15, -0.1) is 0 Å². The number of ketones is 1. The molecule has 0 bridgehead atoms. The monoisotopic (exact) mass is 421 g/mol. The van der Waals surface area contributed by atoms with Crippen molar-refractivity contribution in [2.75, 3.05) is 5.32 Å². The number of fused-ring (bicyclic) bond motifs is 3. The molecule has 1 unspecified atom stereocenters. The van der Waals surface area contributed by atoms with Crippen molar-refractivity contribution in [3.8, 4) is 0 Å². The fraction of sp³-hybridized carbons (Fsp3) is 0.273. The summed E-state index contributed by atoms with van der Waals surface area (Å²) >= 11 is 3.58. The molecule has 2 heterocycles. The highest BCUT2D eigenvalue weighted by molar-refractivity contribution is 9.10. The summed E-state index contributed by atoms with van der Waals surface area (Å²) in [7, 11) is 0. The average Bonchev–Trinajstić information content (AvgIpc) is 2.97. The molecule has 5 heteroatoms. The zero-order chi connectivity index (χ0) is 18.8. The zero-order valence-electron chi connectivity index (χ0n) is 15.3. The Bertz CT molecular complexity index is 1130. The molecule has 0 amide bonds. The smallest absolute Gasteiger partial charge is 0.163 e. The number of nitrogens with zero attached hydrogens (tertiary/aromatic N) is 2. The molecular formula is C22H20BrN3O. The van der Waals surface area contributed by atoms with E-state index in [2.05, 4.69) is 53.3 Å². The van der Waals surface area contributed by atoms with Crippen LogP contribution in [0.5, 0.6) is 0 Å². The Morgan fingerprint density at radius 2 is 1.96 bits per heavy atom. The molecule has 1 aliphatic carbocycles. The highest BCUT2D eigenvalue weighted by Gasteiger charge is 2.41. The van der Waals surface area contributed by atoms with E-state index in [0.717, 1.165) is 44.4 Å². The van der Waals surface area contributed by atoms with E-state index in [4.69, 9.17) is 5.10 Å². The third-order valence-electron chi connectivity index (χ3n) is 5.48. The molecule has 1 aliphatic heterocycles. The third kappa shape index (κ3) is 2.64. The van der Waals surface area contributed by atoms with Crippen LogP contribution < -0.4 is 5.32 Å². The van der Waals surface area contributed by atoms with Gasteiger partial charge in [0, 0.05) is 27.5 Å². The number of carbonyl (C=O) groups is 1. The predicted molar refractivity (Wildman–Crippen MR) is 111 cm³/mol. The molecule has 1 N–H and O–H groups in total. The molecule has 2 aliphatic rings. The first-order chi connectivity index (χ1) is 12.9. The minimum Gasteiger partial charge on any atom is -0.343 e. The molecule has 3 aromatic rings. The molecule has 4 nitrogen and oxygen atoms in total. The van der Waals surface area contributed by atoms with Crippen molar-refractivity contribution in [2.24, 2.45) is 5.41 Å². The molecule has 1 aromatic heterocycles. The van der Waals surface area contributed by atoms with Crippen LogP contribution in [0.4, 0.5) is 5.82 Å². The largest absolute Gasteiger partial charge is 0.343 e. The SMILES string of the molecule is CC1(C)CC(=O)C2=C(C1)Nc1c3ccccc3nn1C2c1cccc(Br)c1. The van der Waals surface area contributed by atoms with Crippen molar-refractivity contribution in [1.82, 2.24) is 9.78 Å². The zero-order valence-corrected chi connectivity index (χ0v) is 16.9. The summed E-state index contributed by atoms with van der Waals surface area (Å²) in [5.74, 6) is 1.18. The van der Waals surface area contributed by atoms with E-state index in [-0.39, 0.29) is 17.2 Å². The van der Waals surface area contributed by atoms with Crippen LogP contribution in [0.2, 0.25) is 0 Å². The van der Waals surface area contributed by atoms with E-state index in [9.17, 15) is 4.79 Å². The predicted octanol–water partition coefficient (Wildman–Crippen LogP) is 5.46. The highest BCUT2D eigenvalue weighted by Crippen LogP contribution is 2.47. The second-order valence-electron chi connectivity index (χ2n) is 8.23. The summed E-state index contributed by atoms with van der Waals surface area (Å²) < 4.78 is 2.99. The van der Waals surface area contributed by atoms with Crippen LogP contribution in [0.15, 0.2) is 64.3 Å². The van der Waals surface area contributed by atoms with Gasteiger partial charge in [0.25, 0.3) is 0 Å². The van der Waals surface area contributed by atoms with Crippen molar-refractivity contribution < 1.29 is 4.79 Å². The maximum atomic E-state index is 13.2. The number of nitrogens with one attached hydrogen (secondary N) is 1. The van der Waals surface area contributed by atoms with Crippen molar-refractivity contribution in [1.29, 1.82) is 0 Å². The molecule has 1 atom stereocenters. The van der Waals surface area contributed by atoms with Crippen LogP contribution in [0.1, 0.15) is 38.3 Å². The summed E-state index contributed by atoms with van der Waals surface area (Å²) in [5, 5.41) is 9.51. The Balaban J connectivity index is 1.79. The molecule has 0 fully saturated rings. The number of carbonyl (C=O) groups excluding carboxylic acids is 1. The molecule has 0 spiro atoms. The molecule has 136 valence electrons. The summed E-state index contributed by atoms with van der Waals surface area (Å²) in [6.07, 6.45) is 1.42. The van der Waals surface area contributed by atoms with Gasteiger partial charge in [0.1, 0.15) is 11.9 Å². The average molecular weight is 422 g/mol. The lowest BCUT2D eigenvalue weighted by molar-refractivity contribution is -0.118. The molecule has 27 heavy (non-hydrogen) atoms. The van der Waals surface area contributed by atoms with Gasteiger partial charge in [-0.05, 0) is 41.7 Å². The number of aromatic nitrogens is 2. The minimum atomic E-state index is -0.204. The van der Waals surface area contributed by atoms with Gasteiger partial charge in [-0.1, -0.05) is 54.0 Å². The first kappa shape index (κ1) is 16.8. The lowest BCUT2D eigenvalue weighted by Gasteiger charge is -2.39. The van der Waals surface area contributed by atoms with E-state index in [1.54, 1.807) is 0 Å². The Morgan fingerprint density at radius 1 is 1.15 bits per heavy atom. The maximum absolute atomic E-state index is 13.2. The number of Topliss-reactive ketones (excluding diaryl/α,β-unsaturated/α-hetero) is 1. The number of hydrogen-bond acceptors (Lipinski definition) is 3. The van der Waals surface area contributed by atoms with Crippen LogP contribution in [-0.4, -0.2) is 15.6 Å². The van der Waals surface area contributed by atoms with Gasteiger partial charge in [0.05, 0.1) is 5.52 Å². The number of halogens is 1. The van der Waals surface area contributed by atoms with Crippen molar-refractivity contribution >= 4 is 38.4 Å². The molecular weight excluding hydrogens is 402 g/mol. The third-order valence-corrected chi connectivity index (χ3v) is 5.97. The summed E-state index contributed by atoms with van der Waals surface area (Å²) in [4.78, 5) is 13.2. The Labute approximate surface area is 166 Å². The summed E-state index contributed by atoms with van der Waals surface area (Å²) in [6.45, 7) is 4.32. The number of benzene rings is 2. The van der Waals surface area contributed by atoms with Gasteiger partial charge >= 0.3 is 0 Å². The minimum absolute atomic E-state index is 0.0390. The van der Waals surface area contributed by atoms with Gasteiger partial charge in [-0.2, -0.15) is 5.10 Å². The molecule has 0 saturated heterocycles.